The fourth-order valence-corrected chi connectivity index (χ4v) is 3.56. The number of halogens is 2. The molecule has 2 N–H and O–H groups in total. The highest BCUT2D eigenvalue weighted by molar-refractivity contribution is 9.10. The third-order valence-corrected chi connectivity index (χ3v) is 4.82. The Morgan fingerprint density at radius 2 is 1.86 bits per heavy atom. The van der Waals surface area contributed by atoms with Crippen molar-refractivity contribution in [3.63, 3.8) is 0 Å². The Hall–Kier alpha value is -1.52. The van der Waals surface area contributed by atoms with E-state index in [0.717, 1.165) is 20.7 Å². The zero-order valence-electron chi connectivity index (χ0n) is 11.6. The molecule has 3 nitrogen and oxygen atoms in total. The largest absolute Gasteiger partial charge is 0.369 e. The summed E-state index contributed by atoms with van der Waals surface area (Å²) in [5, 5.41) is 0.724. The van der Waals surface area contributed by atoms with Crippen molar-refractivity contribution in [1.82, 2.24) is 0 Å². The van der Waals surface area contributed by atoms with Gasteiger partial charge < -0.3 is 5.73 Å². The van der Waals surface area contributed by atoms with E-state index in [0.29, 0.717) is 12.5 Å². The lowest BCUT2D eigenvalue weighted by atomic mass is 9.90. The third kappa shape index (κ3) is 2.32. The second kappa shape index (κ2) is 5.35. The summed E-state index contributed by atoms with van der Waals surface area (Å²) in [6, 6.07) is 15.8. The number of hydrogen-bond donors (Lipinski definition) is 1. The first kappa shape index (κ1) is 14.4. The predicted molar refractivity (Wildman–Crippen MR) is 91.9 cm³/mol. The first-order valence-corrected chi connectivity index (χ1v) is 7.81. The van der Waals surface area contributed by atoms with Crippen molar-refractivity contribution >= 4 is 39.2 Å². The lowest BCUT2D eigenvalue weighted by molar-refractivity contribution is 0.532. The van der Waals surface area contributed by atoms with Crippen molar-refractivity contribution < 1.29 is 0 Å². The molecule has 1 aliphatic rings. The highest BCUT2D eigenvalue weighted by atomic mass is 79.9. The second-order valence-electron chi connectivity index (χ2n) is 5.21. The predicted octanol–water partition coefficient (Wildman–Crippen LogP) is 4.15. The molecule has 0 bridgehead atoms. The van der Waals surface area contributed by atoms with Crippen molar-refractivity contribution in [1.29, 1.82) is 0 Å². The molecule has 5 heteroatoms. The zero-order valence-corrected chi connectivity index (χ0v) is 13.9. The van der Waals surface area contributed by atoms with Gasteiger partial charge >= 0.3 is 0 Å². The summed E-state index contributed by atoms with van der Waals surface area (Å²) in [5.74, 6) is 0.504. The molecule has 0 aromatic heterocycles. The van der Waals surface area contributed by atoms with Crippen LogP contribution in [0.1, 0.15) is 12.5 Å². The summed E-state index contributed by atoms with van der Waals surface area (Å²) in [7, 11) is 0. The van der Waals surface area contributed by atoms with Crippen LogP contribution in [0, 0.1) is 0 Å². The zero-order chi connectivity index (χ0) is 15.0. The summed E-state index contributed by atoms with van der Waals surface area (Å²) in [6.45, 7) is 2.68. The maximum Gasteiger partial charge on any atom is 0.196 e. The normalized spacial score (nSPS) is 21.5. The van der Waals surface area contributed by atoms with Gasteiger partial charge in [0.25, 0.3) is 0 Å². The van der Waals surface area contributed by atoms with Gasteiger partial charge in [0, 0.05) is 9.50 Å². The van der Waals surface area contributed by atoms with Gasteiger partial charge in [-0.2, -0.15) is 0 Å². The molecule has 0 saturated heterocycles. The van der Waals surface area contributed by atoms with Gasteiger partial charge in [0.2, 0.25) is 0 Å². The Morgan fingerprint density at radius 1 is 1.19 bits per heavy atom. The van der Waals surface area contributed by atoms with E-state index in [1.54, 1.807) is 0 Å². The van der Waals surface area contributed by atoms with E-state index in [-0.39, 0.29) is 0 Å². The minimum absolute atomic E-state index is 0.397. The summed E-state index contributed by atoms with van der Waals surface area (Å²) >= 11 is 10.00. The van der Waals surface area contributed by atoms with Crippen LogP contribution >= 0.6 is 27.5 Å². The van der Waals surface area contributed by atoms with Crippen LogP contribution in [0.3, 0.4) is 0 Å². The van der Waals surface area contributed by atoms with Crippen molar-refractivity contribution in [2.24, 2.45) is 10.7 Å². The molecule has 2 aromatic carbocycles. The topological polar surface area (TPSA) is 41.6 Å². The smallest absolute Gasteiger partial charge is 0.196 e. The molecule has 0 fully saturated rings. The number of aliphatic imine (C=N–C) groups is 1. The minimum Gasteiger partial charge on any atom is -0.369 e. The maximum absolute atomic E-state index is 6.40. The van der Waals surface area contributed by atoms with Gasteiger partial charge in [-0.3, -0.25) is 9.89 Å². The van der Waals surface area contributed by atoms with Crippen molar-refractivity contribution in [3.8, 4) is 0 Å². The van der Waals surface area contributed by atoms with Crippen LogP contribution in [0.5, 0.6) is 0 Å². The minimum atomic E-state index is -0.397. The first-order valence-electron chi connectivity index (χ1n) is 6.64. The van der Waals surface area contributed by atoms with Crippen molar-refractivity contribution in [3.05, 3.63) is 63.6 Å². The summed E-state index contributed by atoms with van der Waals surface area (Å²) in [4.78, 5) is 6.49. The molecule has 0 saturated carbocycles. The van der Waals surface area contributed by atoms with E-state index in [9.17, 15) is 0 Å². The van der Waals surface area contributed by atoms with Crippen LogP contribution in [0.25, 0.3) is 0 Å². The van der Waals surface area contributed by atoms with Crippen LogP contribution < -0.4 is 10.6 Å². The lowest BCUT2D eigenvalue weighted by Gasteiger charge is -2.37. The molecule has 2 aromatic rings. The van der Waals surface area contributed by atoms with Crippen LogP contribution in [0.4, 0.5) is 5.69 Å². The average molecular weight is 365 g/mol. The molecule has 21 heavy (non-hydrogen) atoms. The summed E-state index contributed by atoms with van der Waals surface area (Å²) in [5.41, 5.74) is 7.76. The maximum atomic E-state index is 6.40. The monoisotopic (exact) mass is 363 g/mol. The van der Waals surface area contributed by atoms with Gasteiger partial charge in [0.05, 0.1) is 17.8 Å². The Balaban J connectivity index is 2.16. The molecule has 1 atom stereocenters. The van der Waals surface area contributed by atoms with Crippen LogP contribution in [-0.2, 0) is 5.54 Å². The number of para-hydroxylation sites is 1. The number of nitrogens with two attached hydrogens (primary N) is 1. The van der Waals surface area contributed by atoms with E-state index in [1.165, 1.54) is 0 Å². The van der Waals surface area contributed by atoms with Crippen molar-refractivity contribution in [2.45, 2.75) is 12.5 Å². The van der Waals surface area contributed by atoms with Crippen LogP contribution in [0.2, 0.25) is 5.02 Å². The number of hydrogen-bond acceptors (Lipinski definition) is 3. The van der Waals surface area contributed by atoms with E-state index in [2.05, 4.69) is 27.8 Å². The fourth-order valence-electron chi connectivity index (χ4n) is 2.76. The number of anilines is 1. The molecule has 0 spiro atoms. The van der Waals surface area contributed by atoms with Crippen molar-refractivity contribution in [2.75, 3.05) is 11.4 Å². The molecule has 0 amide bonds. The van der Waals surface area contributed by atoms with E-state index in [1.807, 2.05) is 53.4 Å². The molecule has 0 radical (unpaired) electrons. The van der Waals surface area contributed by atoms with Gasteiger partial charge in [-0.05, 0) is 46.6 Å². The summed E-state index contributed by atoms with van der Waals surface area (Å²) < 4.78 is 0.975. The second-order valence-corrected chi connectivity index (χ2v) is 6.48. The SMILES string of the molecule is CC1(c2ccccc2Cl)CN=C(N)N1c1ccccc1Br. The summed E-state index contributed by atoms with van der Waals surface area (Å²) in [6.07, 6.45) is 0. The Bertz CT molecular complexity index is 716. The third-order valence-electron chi connectivity index (χ3n) is 3.82. The van der Waals surface area contributed by atoms with E-state index >= 15 is 0 Å². The van der Waals surface area contributed by atoms with Crippen LogP contribution in [0.15, 0.2) is 58.0 Å². The number of nitrogens with zero attached hydrogens (tertiary/aromatic N) is 2. The van der Waals surface area contributed by atoms with E-state index < -0.39 is 5.54 Å². The Morgan fingerprint density at radius 3 is 2.57 bits per heavy atom. The molecule has 3 rings (SSSR count). The van der Waals surface area contributed by atoms with Gasteiger partial charge in [-0.1, -0.05) is 41.9 Å². The van der Waals surface area contributed by atoms with E-state index in [4.69, 9.17) is 17.3 Å². The van der Waals surface area contributed by atoms with Crippen LogP contribution in [-0.4, -0.2) is 12.5 Å². The molecular formula is C16H15BrClN3. The molecule has 1 heterocycles. The first-order chi connectivity index (χ1) is 10.0. The van der Waals surface area contributed by atoms with Gasteiger partial charge in [0.1, 0.15) is 0 Å². The standard InChI is InChI=1S/C16H15BrClN3/c1-16(11-6-2-4-8-13(11)18)10-20-15(19)21(16)14-9-5-3-7-12(14)17/h2-9H,10H2,1H3,(H2,19,20). The molecule has 1 aliphatic heterocycles. The molecule has 1 unspecified atom stereocenters. The fraction of sp³-hybridized carbons (Fsp3) is 0.188. The Labute approximate surface area is 137 Å². The molecule has 108 valence electrons. The highest BCUT2D eigenvalue weighted by Crippen LogP contribution is 2.41. The number of benzene rings is 2. The van der Waals surface area contributed by atoms with Gasteiger partial charge in [-0.25, -0.2) is 0 Å². The lowest BCUT2D eigenvalue weighted by Crippen LogP contribution is -2.48. The van der Waals surface area contributed by atoms with Gasteiger partial charge in [-0.15, -0.1) is 0 Å². The number of guanidine groups is 1. The molecular weight excluding hydrogens is 350 g/mol. The highest BCUT2D eigenvalue weighted by Gasteiger charge is 2.42. The number of rotatable bonds is 2. The average Bonchev–Trinajstić information content (AvgIpc) is 2.77. The quantitative estimate of drug-likeness (QED) is 0.869. The van der Waals surface area contributed by atoms with Gasteiger partial charge in [0.15, 0.2) is 5.96 Å². The Kier molecular flexibility index (Phi) is 3.68. The molecule has 0 aliphatic carbocycles.